The molecule has 0 aliphatic rings. The zero-order valence-corrected chi connectivity index (χ0v) is 31.0. The van der Waals surface area contributed by atoms with E-state index in [-0.39, 0.29) is 37.7 Å². The first-order valence-electron chi connectivity index (χ1n) is 16.8. The average molecular weight is 737 g/mol. The van der Waals surface area contributed by atoms with E-state index < -0.39 is 0 Å². The van der Waals surface area contributed by atoms with Crippen molar-refractivity contribution in [3.8, 4) is 34.1 Å². The maximum Gasteiger partial charge on any atom is 2.00 e. The van der Waals surface area contributed by atoms with E-state index in [1.54, 1.807) is 0 Å². The Kier molecular flexibility index (Phi) is 9.42. The molecule has 7 aromatic rings. The third-order valence-electron chi connectivity index (χ3n) is 8.92. The number of benzene rings is 4. The van der Waals surface area contributed by atoms with Gasteiger partial charge in [0.15, 0.2) is 0 Å². The fraction of sp³-hybridized carbons (Fsp3) is 0.256. The number of hydrogen-bond acceptors (Lipinski definition) is 3. The van der Waals surface area contributed by atoms with Gasteiger partial charge < -0.3 is 9.30 Å². The molecule has 5 nitrogen and oxygen atoms in total. The van der Waals surface area contributed by atoms with Crippen molar-refractivity contribution >= 4 is 21.8 Å². The second-order valence-corrected chi connectivity index (χ2v) is 14.3. The summed E-state index contributed by atoms with van der Waals surface area (Å²) >= 11 is 0. The molecule has 0 spiro atoms. The molecule has 0 aliphatic heterocycles. The van der Waals surface area contributed by atoms with Crippen molar-refractivity contribution in [2.45, 2.75) is 72.6 Å². The Balaban J connectivity index is 0.00000417. The summed E-state index contributed by atoms with van der Waals surface area (Å²) in [4.78, 5) is 4.82. The van der Waals surface area contributed by atoms with Crippen molar-refractivity contribution in [3.63, 3.8) is 0 Å². The standard InChI is InChI=1S/C43H42N4O.Pd/c1-27(2)41-40(30-14-10-9-11-15-30)42(28(3)4)47(45-41)32-22-29(5)23-34(25-32)48-33-18-19-36-35-16-12-13-17-37(35)46(38(36)26-33)39-24-31(20-21-44-39)43(6,7)8;/h9-24,27-28H,1-8H3;/q-2;+2. The van der Waals surface area contributed by atoms with E-state index in [2.05, 4.69) is 156 Å². The number of fused-ring (bicyclic) bond motifs is 3. The van der Waals surface area contributed by atoms with Gasteiger partial charge >= 0.3 is 20.4 Å². The summed E-state index contributed by atoms with van der Waals surface area (Å²) in [5, 5.41) is 7.46. The molecule has 0 amide bonds. The van der Waals surface area contributed by atoms with Gasteiger partial charge in [0.25, 0.3) is 0 Å². The number of pyridine rings is 1. The van der Waals surface area contributed by atoms with Crippen LogP contribution in [-0.4, -0.2) is 19.3 Å². The van der Waals surface area contributed by atoms with Gasteiger partial charge in [-0.1, -0.05) is 109 Å². The topological polar surface area (TPSA) is 44.9 Å². The first-order chi connectivity index (χ1) is 23.0. The molecule has 3 heterocycles. The Morgan fingerprint density at radius 1 is 0.755 bits per heavy atom. The van der Waals surface area contributed by atoms with Crippen LogP contribution in [0.4, 0.5) is 0 Å². The number of ether oxygens (including phenoxy) is 1. The zero-order valence-electron chi connectivity index (χ0n) is 29.4. The summed E-state index contributed by atoms with van der Waals surface area (Å²) in [6.45, 7) is 17.6. The minimum atomic E-state index is -0.00501. The van der Waals surface area contributed by atoms with E-state index in [1.807, 2.05) is 18.3 Å². The first kappa shape index (κ1) is 34.4. The molecule has 0 bridgehead atoms. The first-order valence-corrected chi connectivity index (χ1v) is 16.8. The summed E-state index contributed by atoms with van der Waals surface area (Å²) in [5.74, 6) is 2.59. The van der Waals surface area contributed by atoms with Gasteiger partial charge in [-0.15, -0.1) is 35.7 Å². The van der Waals surface area contributed by atoms with Crippen molar-refractivity contribution < 1.29 is 25.2 Å². The number of aromatic nitrogens is 4. The molecule has 3 aromatic heterocycles. The molecule has 0 unspecified atom stereocenters. The molecular weight excluding hydrogens is 695 g/mol. The average Bonchev–Trinajstić information content (AvgIpc) is 3.62. The Hall–Kier alpha value is -4.50. The molecule has 0 radical (unpaired) electrons. The van der Waals surface area contributed by atoms with Crippen LogP contribution in [-0.2, 0) is 25.8 Å². The Bertz CT molecular complexity index is 2270. The second-order valence-electron chi connectivity index (χ2n) is 14.3. The predicted molar refractivity (Wildman–Crippen MR) is 197 cm³/mol. The number of rotatable bonds is 7. The van der Waals surface area contributed by atoms with Crippen molar-refractivity contribution in [1.29, 1.82) is 0 Å². The van der Waals surface area contributed by atoms with Crippen LogP contribution < -0.4 is 4.74 Å². The van der Waals surface area contributed by atoms with E-state index in [4.69, 9.17) is 14.8 Å². The minimum absolute atomic E-state index is 0. The van der Waals surface area contributed by atoms with Gasteiger partial charge in [-0.25, -0.2) is 4.98 Å². The molecule has 7 rings (SSSR count). The van der Waals surface area contributed by atoms with Gasteiger partial charge in [0.1, 0.15) is 5.82 Å². The van der Waals surface area contributed by atoms with Gasteiger partial charge in [0.05, 0.1) is 11.4 Å². The molecule has 0 saturated carbocycles. The van der Waals surface area contributed by atoms with Crippen molar-refractivity contribution in [2.75, 3.05) is 0 Å². The summed E-state index contributed by atoms with van der Waals surface area (Å²) in [7, 11) is 0. The summed E-state index contributed by atoms with van der Waals surface area (Å²) in [6.07, 6.45) is 1.90. The molecule has 0 saturated heterocycles. The van der Waals surface area contributed by atoms with Crippen molar-refractivity contribution in [1.82, 2.24) is 19.3 Å². The predicted octanol–water partition coefficient (Wildman–Crippen LogP) is 11.3. The Labute approximate surface area is 303 Å². The van der Waals surface area contributed by atoms with Crippen LogP contribution in [0.15, 0.2) is 97.2 Å². The Morgan fingerprint density at radius 2 is 1.49 bits per heavy atom. The van der Waals surface area contributed by atoms with Crippen LogP contribution in [0.2, 0.25) is 0 Å². The van der Waals surface area contributed by atoms with Crippen molar-refractivity contribution in [3.05, 3.63) is 132 Å². The zero-order chi connectivity index (χ0) is 33.7. The molecular formula is C43H42N4OPd. The van der Waals surface area contributed by atoms with E-state index in [0.29, 0.717) is 11.5 Å². The molecule has 0 aliphatic carbocycles. The number of hydrogen-bond donors (Lipinski definition) is 0. The second kappa shape index (κ2) is 13.4. The van der Waals surface area contributed by atoms with E-state index in [0.717, 1.165) is 44.6 Å². The largest absolute Gasteiger partial charge is 2.00 e. The SMILES string of the molecule is Cc1cc(Oc2[c-]c3c(cc2)c2ccccc2n3-c2cc(C(C)(C)C)ccn2)[c-]c(-n2nc(C(C)C)c(-c3ccccc3)c2C(C)C)c1.[Pd+2]. The smallest absolute Gasteiger partial charge is 0.509 e. The third-order valence-corrected chi connectivity index (χ3v) is 8.92. The fourth-order valence-corrected chi connectivity index (χ4v) is 6.60. The number of para-hydroxylation sites is 1. The molecule has 0 fully saturated rings. The van der Waals surface area contributed by atoms with E-state index in [1.165, 1.54) is 22.4 Å². The van der Waals surface area contributed by atoms with Crippen LogP contribution >= 0.6 is 0 Å². The monoisotopic (exact) mass is 736 g/mol. The van der Waals surface area contributed by atoms with Gasteiger partial charge in [-0.3, -0.25) is 4.68 Å². The van der Waals surface area contributed by atoms with Crippen LogP contribution in [0.5, 0.6) is 11.5 Å². The van der Waals surface area contributed by atoms with Gasteiger partial charge in [-0.05, 0) is 57.7 Å². The summed E-state index contributed by atoms with van der Waals surface area (Å²) in [6, 6.07) is 38.7. The van der Waals surface area contributed by atoms with Crippen LogP contribution in [0.1, 0.15) is 82.8 Å². The molecule has 49 heavy (non-hydrogen) atoms. The molecule has 0 N–H and O–H groups in total. The normalized spacial score (nSPS) is 11.9. The maximum absolute atomic E-state index is 6.58. The molecule has 6 heteroatoms. The summed E-state index contributed by atoms with van der Waals surface area (Å²) < 4.78 is 10.8. The molecule has 0 atom stereocenters. The van der Waals surface area contributed by atoms with Crippen LogP contribution in [0.3, 0.4) is 0 Å². The number of nitrogens with zero attached hydrogens (tertiary/aromatic N) is 4. The van der Waals surface area contributed by atoms with Gasteiger partial charge in [-0.2, -0.15) is 16.7 Å². The van der Waals surface area contributed by atoms with E-state index >= 15 is 0 Å². The van der Waals surface area contributed by atoms with Crippen LogP contribution in [0, 0.1) is 19.1 Å². The maximum atomic E-state index is 6.58. The third kappa shape index (κ3) is 6.48. The quantitative estimate of drug-likeness (QED) is 0.121. The fourth-order valence-electron chi connectivity index (χ4n) is 6.60. The van der Waals surface area contributed by atoms with Gasteiger partial charge in [0, 0.05) is 28.8 Å². The molecule has 4 aromatic carbocycles. The summed E-state index contributed by atoms with van der Waals surface area (Å²) in [5.41, 5.74) is 9.78. The minimum Gasteiger partial charge on any atom is -0.509 e. The van der Waals surface area contributed by atoms with E-state index in [9.17, 15) is 0 Å². The Morgan fingerprint density at radius 3 is 2.20 bits per heavy atom. The van der Waals surface area contributed by atoms with Crippen molar-refractivity contribution in [2.24, 2.45) is 0 Å². The molecule has 250 valence electrons. The van der Waals surface area contributed by atoms with Gasteiger partial charge in [0.2, 0.25) is 0 Å². The van der Waals surface area contributed by atoms with Crippen LogP contribution in [0.25, 0.3) is 44.4 Å². The number of aryl methyl sites for hydroxylation is 1.